The summed E-state index contributed by atoms with van der Waals surface area (Å²) in [7, 11) is 0. The highest BCUT2D eigenvalue weighted by atomic mass is 32.1. The summed E-state index contributed by atoms with van der Waals surface area (Å²) in [4.78, 5) is 0. The lowest BCUT2D eigenvalue weighted by Gasteiger charge is -2.01. The first-order valence-corrected chi connectivity index (χ1v) is 6.87. The van der Waals surface area contributed by atoms with Gasteiger partial charge in [0.25, 0.3) is 5.19 Å². The van der Waals surface area contributed by atoms with Gasteiger partial charge in [-0.15, -0.1) is 5.10 Å². The highest BCUT2D eigenvalue weighted by molar-refractivity contribution is 7.13. The monoisotopic (exact) mass is 263 g/mol. The van der Waals surface area contributed by atoms with Crippen LogP contribution >= 0.6 is 11.3 Å². The predicted molar refractivity (Wildman–Crippen MR) is 73.2 cm³/mol. The van der Waals surface area contributed by atoms with E-state index in [9.17, 15) is 0 Å². The van der Waals surface area contributed by atoms with Crippen LogP contribution in [0.1, 0.15) is 23.9 Å². The Balaban J connectivity index is 1.94. The summed E-state index contributed by atoms with van der Waals surface area (Å²) in [5.74, 6) is 0.805. The zero-order valence-corrected chi connectivity index (χ0v) is 11.5. The molecule has 0 saturated carbocycles. The van der Waals surface area contributed by atoms with E-state index in [0.717, 1.165) is 30.3 Å². The molecule has 18 heavy (non-hydrogen) atoms. The molecule has 0 saturated heterocycles. The maximum atomic E-state index is 5.66. The maximum Gasteiger partial charge on any atom is 0.299 e. The molecule has 0 bridgehead atoms. The van der Waals surface area contributed by atoms with Crippen LogP contribution in [0.4, 0.5) is 0 Å². The van der Waals surface area contributed by atoms with Crippen LogP contribution in [0.25, 0.3) is 0 Å². The summed E-state index contributed by atoms with van der Waals surface area (Å²) in [6.45, 7) is 5.92. The zero-order chi connectivity index (χ0) is 12.8. The molecule has 2 aromatic rings. The average molecular weight is 263 g/mol. The van der Waals surface area contributed by atoms with E-state index < -0.39 is 0 Å². The number of hydrogen-bond acceptors (Lipinski definition) is 5. The number of nitrogens with zero attached hydrogens (tertiary/aromatic N) is 2. The van der Waals surface area contributed by atoms with Crippen molar-refractivity contribution in [3.63, 3.8) is 0 Å². The molecule has 0 aliphatic carbocycles. The van der Waals surface area contributed by atoms with Crippen molar-refractivity contribution in [3.05, 3.63) is 34.8 Å². The molecule has 0 amide bonds. The number of hydrogen-bond donors (Lipinski definition) is 1. The molecular formula is C13H17N3OS. The van der Waals surface area contributed by atoms with Gasteiger partial charge in [0.2, 0.25) is 0 Å². The topological polar surface area (TPSA) is 47.0 Å². The Morgan fingerprint density at radius 2 is 2.22 bits per heavy atom. The van der Waals surface area contributed by atoms with Crippen LogP contribution in [0.2, 0.25) is 0 Å². The molecule has 1 aromatic heterocycles. The van der Waals surface area contributed by atoms with Crippen molar-refractivity contribution < 1.29 is 4.74 Å². The number of ether oxygens (including phenoxy) is 1. The molecule has 1 aromatic carbocycles. The minimum atomic E-state index is 0.592. The highest BCUT2D eigenvalue weighted by Gasteiger charge is 2.05. The average Bonchev–Trinajstić information content (AvgIpc) is 2.77. The van der Waals surface area contributed by atoms with E-state index in [0.29, 0.717) is 5.19 Å². The predicted octanol–water partition coefficient (Wildman–Crippen LogP) is 3.14. The standard InChI is InChI=1S/C13H17N3OS/c1-3-7-14-9-12-15-16-13(18-12)17-11-6-4-5-10(2)8-11/h4-6,8,14H,3,7,9H2,1-2H3. The Kier molecular flexibility index (Phi) is 4.66. The first kappa shape index (κ1) is 13.0. The maximum absolute atomic E-state index is 5.66. The van der Waals surface area contributed by atoms with Gasteiger partial charge in [-0.2, -0.15) is 0 Å². The summed E-state index contributed by atoms with van der Waals surface area (Å²) in [6.07, 6.45) is 1.12. The van der Waals surface area contributed by atoms with E-state index >= 15 is 0 Å². The Bertz CT molecular complexity index is 498. The summed E-state index contributed by atoms with van der Waals surface area (Å²) >= 11 is 1.48. The summed E-state index contributed by atoms with van der Waals surface area (Å²) in [6, 6.07) is 7.91. The Morgan fingerprint density at radius 3 is 3.00 bits per heavy atom. The van der Waals surface area contributed by atoms with E-state index in [1.165, 1.54) is 16.9 Å². The van der Waals surface area contributed by atoms with Gasteiger partial charge in [0.05, 0.1) is 0 Å². The van der Waals surface area contributed by atoms with Crippen LogP contribution < -0.4 is 10.1 Å². The third kappa shape index (κ3) is 3.78. The zero-order valence-electron chi connectivity index (χ0n) is 10.6. The van der Waals surface area contributed by atoms with E-state index in [1.54, 1.807) is 0 Å². The van der Waals surface area contributed by atoms with Crippen molar-refractivity contribution in [2.45, 2.75) is 26.8 Å². The van der Waals surface area contributed by atoms with Crippen LogP contribution in [0.15, 0.2) is 24.3 Å². The molecule has 0 aliphatic heterocycles. The smallest absolute Gasteiger partial charge is 0.299 e. The van der Waals surface area contributed by atoms with Crippen molar-refractivity contribution in [3.8, 4) is 10.9 Å². The molecule has 96 valence electrons. The number of aryl methyl sites for hydroxylation is 1. The SMILES string of the molecule is CCCNCc1nnc(Oc2cccc(C)c2)s1. The van der Waals surface area contributed by atoms with Crippen molar-refractivity contribution in [1.82, 2.24) is 15.5 Å². The first-order valence-electron chi connectivity index (χ1n) is 6.05. The molecule has 0 atom stereocenters. The molecule has 1 heterocycles. The van der Waals surface area contributed by atoms with Gasteiger partial charge in [-0.1, -0.05) is 35.5 Å². The van der Waals surface area contributed by atoms with E-state index in [4.69, 9.17) is 4.74 Å². The van der Waals surface area contributed by atoms with E-state index in [2.05, 4.69) is 22.4 Å². The van der Waals surface area contributed by atoms with E-state index in [-0.39, 0.29) is 0 Å². The van der Waals surface area contributed by atoms with Crippen molar-refractivity contribution in [2.24, 2.45) is 0 Å². The van der Waals surface area contributed by atoms with Crippen molar-refractivity contribution in [1.29, 1.82) is 0 Å². The fourth-order valence-electron chi connectivity index (χ4n) is 1.50. The van der Waals surface area contributed by atoms with Crippen LogP contribution in [-0.2, 0) is 6.54 Å². The third-order valence-electron chi connectivity index (χ3n) is 2.35. The molecule has 1 N–H and O–H groups in total. The summed E-state index contributed by atoms with van der Waals surface area (Å²) in [5.41, 5.74) is 1.17. The Hall–Kier alpha value is -1.46. The lowest BCUT2D eigenvalue weighted by Crippen LogP contribution is -2.13. The fraction of sp³-hybridized carbons (Fsp3) is 0.385. The Morgan fingerprint density at radius 1 is 1.33 bits per heavy atom. The lowest BCUT2D eigenvalue weighted by atomic mass is 10.2. The second-order valence-corrected chi connectivity index (χ2v) is 5.08. The number of rotatable bonds is 6. The van der Waals surface area contributed by atoms with Gasteiger partial charge in [-0.3, -0.25) is 0 Å². The third-order valence-corrected chi connectivity index (χ3v) is 3.15. The van der Waals surface area contributed by atoms with Gasteiger partial charge in [-0.25, -0.2) is 0 Å². The van der Waals surface area contributed by atoms with Crippen LogP contribution in [-0.4, -0.2) is 16.7 Å². The molecule has 2 rings (SSSR count). The Labute approximate surface area is 111 Å². The summed E-state index contributed by atoms with van der Waals surface area (Å²) < 4.78 is 5.66. The van der Waals surface area contributed by atoms with Crippen LogP contribution in [0.5, 0.6) is 10.9 Å². The number of benzene rings is 1. The van der Waals surface area contributed by atoms with Gasteiger partial charge < -0.3 is 10.1 Å². The molecule has 0 radical (unpaired) electrons. The fourth-order valence-corrected chi connectivity index (χ4v) is 2.18. The largest absolute Gasteiger partial charge is 0.430 e. The highest BCUT2D eigenvalue weighted by Crippen LogP contribution is 2.25. The van der Waals surface area contributed by atoms with Gasteiger partial charge in [0, 0.05) is 6.54 Å². The first-order chi connectivity index (χ1) is 8.78. The molecular weight excluding hydrogens is 246 g/mol. The second kappa shape index (κ2) is 6.47. The lowest BCUT2D eigenvalue weighted by molar-refractivity contribution is 0.472. The van der Waals surface area contributed by atoms with Crippen molar-refractivity contribution >= 4 is 11.3 Å². The molecule has 0 spiro atoms. The normalized spacial score (nSPS) is 10.6. The van der Waals surface area contributed by atoms with Gasteiger partial charge in [0.1, 0.15) is 10.8 Å². The minimum absolute atomic E-state index is 0.592. The van der Waals surface area contributed by atoms with Crippen LogP contribution in [0, 0.1) is 6.92 Å². The molecule has 0 fully saturated rings. The molecule has 0 unspecified atom stereocenters. The van der Waals surface area contributed by atoms with E-state index in [1.807, 2.05) is 31.2 Å². The quantitative estimate of drug-likeness (QED) is 0.813. The molecule has 4 nitrogen and oxygen atoms in total. The molecule has 0 aliphatic rings. The van der Waals surface area contributed by atoms with Gasteiger partial charge in [0.15, 0.2) is 0 Å². The minimum Gasteiger partial charge on any atom is -0.430 e. The van der Waals surface area contributed by atoms with Gasteiger partial charge in [-0.05, 0) is 37.6 Å². The van der Waals surface area contributed by atoms with Gasteiger partial charge >= 0.3 is 0 Å². The summed E-state index contributed by atoms with van der Waals surface area (Å²) in [5, 5.41) is 12.9. The number of aromatic nitrogens is 2. The van der Waals surface area contributed by atoms with Crippen molar-refractivity contribution in [2.75, 3.05) is 6.54 Å². The van der Waals surface area contributed by atoms with Crippen LogP contribution in [0.3, 0.4) is 0 Å². The number of nitrogens with one attached hydrogen (secondary N) is 1. The second-order valence-electron chi connectivity index (χ2n) is 4.06. The molecule has 5 heteroatoms.